The minimum Gasteiger partial charge on any atom is -0.457 e. The number of rotatable bonds is 8. The lowest BCUT2D eigenvalue weighted by atomic mass is 10.0. The zero-order valence-electron chi connectivity index (χ0n) is 26.6. The highest BCUT2D eigenvalue weighted by Crippen LogP contribution is 2.35. The van der Waals surface area contributed by atoms with Crippen LogP contribution in [0.2, 0.25) is 0 Å². The summed E-state index contributed by atoms with van der Waals surface area (Å²) in [6, 6.07) is 7.44. The number of ether oxygens (including phenoxy) is 1. The van der Waals surface area contributed by atoms with Gasteiger partial charge in [-0.1, -0.05) is 0 Å². The summed E-state index contributed by atoms with van der Waals surface area (Å²) in [7, 11) is -6.72. The van der Waals surface area contributed by atoms with Crippen molar-refractivity contribution in [1.82, 2.24) is 19.2 Å². The number of nitrogens with one attached hydrogen (secondary N) is 2. The molecule has 2 amide bonds. The molecule has 17 heteroatoms. The third kappa shape index (κ3) is 6.79. The van der Waals surface area contributed by atoms with Crippen LogP contribution in [-0.2, 0) is 29.6 Å². The lowest BCUT2D eigenvalue weighted by Gasteiger charge is -2.31. The van der Waals surface area contributed by atoms with Gasteiger partial charge in [0, 0.05) is 60.5 Å². The van der Waals surface area contributed by atoms with E-state index in [1.54, 1.807) is 0 Å². The molecule has 2 atom stereocenters. The second kappa shape index (κ2) is 12.9. The van der Waals surface area contributed by atoms with Crippen LogP contribution in [0.1, 0.15) is 67.1 Å². The molecule has 2 unspecified atom stereocenters. The molecule has 2 aromatic rings. The normalized spacial score (nSPS) is 22.6. The summed E-state index contributed by atoms with van der Waals surface area (Å²) < 4.78 is 55.5. The van der Waals surface area contributed by atoms with Crippen molar-refractivity contribution in [1.29, 1.82) is 0 Å². The van der Waals surface area contributed by atoms with Crippen LogP contribution in [0.25, 0.3) is 0 Å². The van der Waals surface area contributed by atoms with E-state index in [2.05, 4.69) is 10.6 Å². The van der Waals surface area contributed by atoms with E-state index in [9.17, 15) is 45.6 Å². The molecule has 0 spiro atoms. The second-order valence-corrected chi connectivity index (χ2v) is 16.7. The Morgan fingerprint density at radius 1 is 0.592 bits per heavy atom. The number of ketones is 4. The maximum Gasteiger partial charge on any atom is 0.239 e. The van der Waals surface area contributed by atoms with E-state index < -0.39 is 78.9 Å². The zero-order valence-corrected chi connectivity index (χ0v) is 28.3. The van der Waals surface area contributed by atoms with E-state index in [4.69, 9.17) is 4.74 Å². The van der Waals surface area contributed by atoms with Gasteiger partial charge in [-0.3, -0.25) is 28.8 Å². The summed E-state index contributed by atoms with van der Waals surface area (Å²) >= 11 is 0. The average molecular weight is 715 g/mol. The van der Waals surface area contributed by atoms with E-state index in [1.807, 2.05) is 0 Å². The topological polar surface area (TPSA) is 210 Å². The standard InChI is InChI=1S/C32H34N4O11S2/c1-48(43,44)35-11-7-17(8-12-35)33-31(41)25-27(37)21-5-3-19(15-23(21)29(25)39)47-20-4-6-22-24(16-20)30(40)26(28(22)38)32(42)34-18-9-13-36(14-10-18)49(2,45)46/h3-6,15-18,25-26H,7-14H2,1-2H3,(H,33,41)(H,34,42). The Balaban J connectivity index is 1.09. The van der Waals surface area contributed by atoms with E-state index in [1.165, 1.54) is 45.0 Å². The number of hydrogen-bond acceptors (Lipinski definition) is 11. The number of carbonyl (C=O) groups is 6. The fourth-order valence-corrected chi connectivity index (χ4v) is 8.46. The first kappa shape index (κ1) is 34.5. The molecule has 49 heavy (non-hydrogen) atoms. The van der Waals surface area contributed by atoms with E-state index in [0.717, 1.165) is 12.5 Å². The third-order valence-electron chi connectivity index (χ3n) is 9.39. The Labute approximate surface area is 282 Å². The molecule has 2 N–H and O–H groups in total. The lowest BCUT2D eigenvalue weighted by Crippen LogP contribution is -2.48. The van der Waals surface area contributed by atoms with Gasteiger partial charge < -0.3 is 15.4 Å². The first-order valence-electron chi connectivity index (χ1n) is 15.7. The lowest BCUT2D eigenvalue weighted by molar-refractivity contribution is -0.124. The van der Waals surface area contributed by atoms with Gasteiger partial charge in [-0.05, 0) is 62.1 Å². The predicted octanol–water partition coefficient (Wildman–Crippen LogP) is 0.550. The van der Waals surface area contributed by atoms with E-state index in [-0.39, 0.29) is 59.9 Å². The maximum absolute atomic E-state index is 13.2. The minimum absolute atomic E-state index is 0.0129. The number of Topliss-reactive ketones (excluding diaryl/α,β-unsaturated/α-hetero) is 4. The van der Waals surface area contributed by atoms with Gasteiger partial charge in [0.25, 0.3) is 0 Å². The zero-order chi connectivity index (χ0) is 35.4. The van der Waals surface area contributed by atoms with E-state index >= 15 is 0 Å². The Bertz CT molecular complexity index is 1870. The number of amides is 2. The highest BCUT2D eigenvalue weighted by Gasteiger charge is 2.46. The van der Waals surface area contributed by atoms with Gasteiger partial charge >= 0.3 is 0 Å². The molecule has 2 saturated heterocycles. The molecule has 260 valence electrons. The number of benzene rings is 2. The van der Waals surface area contributed by atoms with Crippen LogP contribution in [0.5, 0.6) is 11.5 Å². The highest BCUT2D eigenvalue weighted by atomic mass is 32.2. The van der Waals surface area contributed by atoms with Crippen LogP contribution in [0.15, 0.2) is 36.4 Å². The molecule has 0 aromatic heterocycles. The summed E-state index contributed by atoms with van der Waals surface area (Å²) in [6.07, 6.45) is 3.57. The molecule has 4 aliphatic rings. The summed E-state index contributed by atoms with van der Waals surface area (Å²) in [6.45, 7) is 0.841. The molecule has 2 aromatic carbocycles. The Morgan fingerprint density at radius 3 is 1.24 bits per heavy atom. The molecule has 0 saturated carbocycles. The van der Waals surface area contributed by atoms with Gasteiger partial charge in [-0.15, -0.1) is 0 Å². The van der Waals surface area contributed by atoms with Crippen molar-refractivity contribution in [2.24, 2.45) is 11.8 Å². The largest absolute Gasteiger partial charge is 0.457 e. The number of hydrogen-bond donors (Lipinski definition) is 2. The number of carbonyl (C=O) groups excluding carboxylic acids is 6. The Morgan fingerprint density at radius 2 is 0.918 bits per heavy atom. The molecular formula is C32H34N4O11S2. The first-order chi connectivity index (χ1) is 23.0. The van der Waals surface area contributed by atoms with Gasteiger partial charge in [0.1, 0.15) is 11.5 Å². The smallest absolute Gasteiger partial charge is 0.239 e. The molecular weight excluding hydrogens is 681 g/mol. The van der Waals surface area contributed by atoms with Crippen molar-refractivity contribution in [2.45, 2.75) is 37.8 Å². The molecule has 0 bridgehead atoms. The quantitative estimate of drug-likeness (QED) is 0.361. The maximum atomic E-state index is 13.2. The van der Waals surface area contributed by atoms with Crippen LogP contribution in [-0.4, -0.2) is 111 Å². The fourth-order valence-electron chi connectivity index (χ4n) is 6.72. The number of piperidine rings is 2. The minimum atomic E-state index is -3.36. The third-order valence-corrected chi connectivity index (χ3v) is 12.0. The molecule has 2 aliphatic carbocycles. The summed E-state index contributed by atoms with van der Waals surface area (Å²) in [5.41, 5.74) is 0.0760. The van der Waals surface area contributed by atoms with Gasteiger partial charge in [-0.2, -0.15) is 0 Å². The van der Waals surface area contributed by atoms with Crippen LogP contribution in [0.4, 0.5) is 0 Å². The van der Waals surface area contributed by atoms with Gasteiger partial charge in [-0.25, -0.2) is 25.4 Å². The molecule has 2 fully saturated rings. The summed E-state index contributed by atoms with van der Waals surface area (Å²) in [4.78, 5) is 78.7. The SMILES string of the molecule is CS(=O)(=O)N1CCC(NC(=O)C2C(=O)c3ccc(Oc4ccc5c(c4)C(=O)C(C(=O)NC4CCN(S(C)(=O)=O)CC4)C5=O)cc3C2=O)CC1. The monoisotopic (exact) mass is 714 g/mol. The number of fused-ring (bicyclic) bond motifs is 2. The summed E-state index contributed by atoms with van der Waals surface area (Å²) in [5.74, 6) is -7.17. The van der Waals surface area contributed by atoms with Crippen LogP contribution >= 0.6 is 0 Å². The van der Waals surface area contributed by atoms with Crippen molar-refractivity contribution >= 4 is 55.0 Å². The van der Waals surface area contributed by atoms with Crippen molar-refractivity contribution in [3.63, 3.8) is 0 Å². The van der Waals surface area contributed by atoms with Crippen LogP contribution in [0.3, 0.4) is 0 Å². The van der Waals surface area contributed by atoms with Crippen LogP contribution in [0, 0.1) is 11.8 Å². The number of sulfonamides is 2. The summed E-state index contributed by atoms with van der Waals surface area (Å²) in [5, 5.41) is 5.42. The highest BCUT2D eigenvalue weighted by molar-refractivity contribution is 7.88. The van der Waals surface area contributed by atoms with Crippen molar-refractivity contribution in [3.05, 3.63) is 58.7 Å². The average Bonchev–Trinajstić information content (AvgIpc) is 3.43. The van der Waals surface area contributed by atoms with E-state index in [0.29, 0.717) is 25.7 Å². The molecule has 15 nitrogen and oxygen atoms in total. The fraction of sp³-hybridized carbons (Fsp3) is 0.438. The first-order valence-corrected chi connectivity index (χ1v) is 19.4. The van der Waals surface area contributed by atoms with Gasteiger partial charge in [0.05, 0.1) is 12.5 Å². The predicted molar refractivity (Wildman–Crippen MR) is 172 cm³/mol. The van der Waals surface area contributed by atoms with Crippen LogP contribution < -0.4 is 15.4 Å². The Kier molecular flexibility index (Phi) is 9.06. The molecule has 6 rings (SSSR count). The second-order valence-electron chi connectivity index (χ2n) is 12.7. The van der Waals surface area contributed by atoms with Crippen molar-refractivity contribution < 1.29 is 50.3 Å². The molecule has 0 radical (unpaired) electrons. The van der Waals surface area contributed by atoms with Crippen molar-refractivity contribution in [3.8, 4) is 11.5 Å². The molecule has 2 aliphatic heterocycles. The number of nitrogens with zero attached hydrogens (tertiary/aromatic N) is 2. The van der Waals surface area contributed by atoms with Gasteiger partial charge in [0.2, 0.25) is 31.9 Å². The van der Waals surface area contributed by atoms with Gasteiger partial charge in [0.15, 0.2) is 35.0 Å². The Hall–Kier alpha value is -4.32. The van der Waals surface area contributed by atoms with Crippen molar-refractivity contribution in [2.75, 3.05) is 38.7 Å². The molecule has 2 heterocycles.